The Morgan fingerprint density at radius 2 is 2.05 bits per heavy atom. The average Bonchev–Trinajstić information content (AvgIpc) is 2.91. The Morgan fingerprint density at radius 1 is 1.33 bits per heavy atom. The summed E-state index contributed by atoms with van der Waals surface area (Å²) in [6.45, 7) is 1.74. The van der Waals surface area contributed by atoms with E-state index in [1.807, 2.05) is 16.8 Å². The van der Waals surface area contributed by atoms with Crippen molar-refractivity contribution in [2.24, 2.45) is 5.73 Å². The maximum atomic E-state index is 12.3. The summed E-state index contributed by atoms with van der Waals surface area (Å²) in [4.78, 5) is 11.0. The van der Waals surface area contributed by atoms with Crippen LogP contribution in [0.1, 0.15) is 28.9 Å². The lowest BCUT2D eigenvalue weighted by Gasteiger charge is -2.14. The van der Waals surface area contributed by atoms with Crippen LogP contribution < -0.4 is 16.2 Å². The molecule has 1 amide bonds. The van der Waals surface area contributed by atoms with E-state index >= 15 is 0 Å². The Hall–Kier alpha value is -1.90. The molecule has 0 aliphatic carbocycles. The van der Waals surface area contributed by atoms with Crippen molar-refractivity contribution in [3.63, 3.8) is 0 Å². The van der Waals surface area contributed by atoms with Gasteiger partial charge in [0.2, 0.25) is 15.9 Å². The van der Waals surface area contributed by atoms with Crippen molar-refractivity contribution in [2.45, 2.75) is 17.9 Å². The first kappa shape index (κ1) is 15.5. The van der Waals surface area contributed by atoms with Crippen LogP contribution in [0.2, 0.25) is 0 Å². The summed E-state index contributed by atoms with van der Waals surface area (Å²) in [5.74, 6) is -0.662. The lowest BCUT2D eigenvalue weighted by atomic mass is 10.2. The predicted molar refractivity (Wildman–Crippen MR) is 82.4 cm³/mol. The molecule has 0 radical (unpaired) electrons. The van der Waals surface area contributed by atoms with Gasteiger partial charge in [0.25, 0.3) is 0 Å². The van der Waals surface area contributed by atoms with Crippen LogP contribution in [-0.4, -0.2) is 14.3 Å². The highest BCUT2D eigenvalue weighted by Crippen LogP contribution is 2.23. The number of rotatable bonds is 5. The third kappa shape index (κ3) is 3.41. The van der Waals surface area contributed by atoms with Crippen LogP contribution in [-0.2, 0) is 10.0 Å². The molecule has 0 bridgehead atoms. The summed E-state index contributed by atoms with van der Waals surface area (Å²) in [6.07, 6.45) is 0. The number of hydrogen-bond donors (Lipinski definition) is 3. The molecule has 1 heterocycles. The largest absolute Gasteiger partial charge is 0.398 e. The summed E-state index contributed by atoms with van der Waals surface area (Å²) in [5.41, 5.74) is 11.9. The molecule has 21 heavy (non-hydrogen) atoms. The van der Waals surface area contributed by atoms with Crippen molar-refractivity contribution in [3.05, 3.63) is 46.2 Å². The van der Waals surface area contributed by atoms with Crippen LogP contribution in [0.15, 0.2) is 39.9 Å². The van der Waals surface area contributed by atoms with E-state index in [4.69, 9.17) is 11.5 Å². The van der Waals surface area contributed by atoms with E-state index in [0.29, 0.717) is 0 Å². The highest BCUT2D eigenvalue weighted by atomic mass is 32.2. The van der Waals surface area contributed by atoms with Gasteiger partial charge in [-0.05, 0) is 47.5 Å². The molecule has 1 aromatic carbocycles. The number of nitrogens with two attached hydrogens (primary N) is 2. The smallest absolute Gasteiger partial charge is 0.248 e. The molecule has 0 spiro atoms. The van der Waals surface area contributed by atoms with Crippen molar-refractivity contribution in [1.29, 1.82) is 0 Å². The zero-order chi connectivity index (χ0) is 15.6. The molecule has 0 saturated carbocycles. The normalized spacial score (nSPS) is 13.0. The van der Waals surface area contributed by atoms with Gasteiger partial charge in [0.1, 0.15) is 4.90 Å². The van der Waals surface area contributed by atoms with Crippen molar-refractivity contribution in [3.8, 4) is 0 Å². The third-order valence-corrected chi connectivity index (χ3v) is 5.28. The summed E-state index contributed by atoms with van der Waals surface area (Å²) in [6, 6.07) is 5.33. The zero-order valence-corrected chi connectivity index (χ0v) is 12.9. The first-order valence-corrected chi connectivity index (χ1v) is 8.47. The second-order valence-corrected chi connectivity index (χ2v) is 6.98. The number of carbonyl (C=O) groups excluding carboxylic acids is 1. The number of anilines is 1. The fourth-order valence-corrected chi connectivity index (χ4v) is 3.93. The fraction of sp³-hybridized carbons (Fsp3) is 0.154. The summed E-state index contributed by atoms with van der Waals surface area (Å²) in [5, 5.41) is 3.74. The van der Waals surface area contributed by atoms with Crippen LogP contribution in [0, 0.1) is 0 Å². The van der Waals surface area contributed by atoms with Gasteiger partial charge in [-0.15, -0.1) is 0 Å². The second-order valence-electron chi connectivity index (χ2n) is 4.52. The number of carbonyl (C=O) groups is 1. The third-order valence-electron chi connectivity index (χ3n) is 2.96. The van der Waals surface area contributed by atoms with Crippen LogP contribution in [0.4, 0.5) is 5.69 Å². The Balaban J connectivity index is 2.29. The molecule has 112 valence electrons. The number of nitrogen functional groups attached to an aromatic ring is 1. The van der Waals surface area contributed by atoms with Gasteiger partial charge >= 0.3 is 0 Å². The lowest BCUT2D eigenvalue weighted by molar-refractivity contribution is 0.1000. The summed E-state index contributed by atoms with van der Waals surface area (Å²) in [7, 11) is -3.78. The summed E-state index contributed by atoms with van der Waals surface area (Å²) < 4.78 is 27.2. The molecule has 2 aromatic rings. The number of nitrogens with one attached hydrogen (secondary N) is 1. The van der Waals surface area contributed by atoms with Gasteiger partial charge in [0.15, 0.2) is 0 Å². The topological polar surface area (TPSA) is 115 Å². The molecule has 0 fully saturated rings. The van der Waals surface area contributed by atoms with E-state index in [0.717, 1.165) is 5.56 Å². The quantitative estimate of drug-likeness (QED) is 0.722. The highest BCUT2D eigenvalue weighted by Gasteiger charge is 2.21. The van der Waals surface area contributed by atoms with Gasteiger partial charge in [-0.25, -0.2) is 13.1 Å². The Labute approximate surface area is 126 Å². The molecule has 1 atom stereocenters. The van der Waals surface area contributed by atoms with Crippen LogP contribution >= 0.6 is 11.3 Å². The van der Waals surface area contributed by atoms with Gasteiger partial charge in [0, 0.05) is 11.6 Å². The van der Waals surface area contributed by atoms with E-state index < -0.39 is 15.9 Å². The minimum absolute atomic E-state index is 0.0173. The minimum Gasteiger partial charge on any atom is -0.398 e. The first-order chi connectivity index (χ1) is 9.81. The van der Waals surface area contributed by atoms with E-state index in [1.54, 1.807) is 6.92 Å². The van der Waals surface area contributed by atoms with Gasteiger partial charge in [-0.1, -0.05) is 0 Å². The Morgan fingerprint density at radius 3 is 2.57 bits per heavy atom. The molecule has 5 N–H and O–H groups in total. The summed E-state index contributed by atoms with van der Waals surface area (Å²) >= 11 is 1.49. The maximum absolute atomic E-state index is 12.3. The zero-order valence-electron chi connectivity index (χ0n) is 11.2. The van der Waals surface area contributed by atoms with Gasteiger partial charge in [-0.2, -0.15) is 11.3 Å². The SMILES string of the molecule is CC(NS(=O)(=O)c1ccc(C(N)=O)cc1N)c1ccsc1. The van der Waals surface area contributed by atoms with Crippen LogP contribution in [0.3, 0.4) is 0 Å². The number of thiophene rings is 1. The molecule has 2 rings (SSSR count). The van der Waals surface area contributed by atoms with Crippen molar-refractivity contribution >= 4 is 33.0 Å². The van der Waals surface area contributed by atoms with Crippen LogP contribution in [0.25, 0.3) is 0 Å². The molecular weight excluding hydrogens is 310 g/mol. The van der Waals surface area contributed by atoms with E-state index in [2.05, 4.69) is 4.72 Å². The first-order valence-electron chi connectivity index (χ1n) is 6.05. The molecule has 0 aliphatic rings. The monoisotopic (exact) mass is 325 g/mol. The van der Waals surface area contributed by atoms with E-state index in [-0.39, 0.29) is 22.2 Å². The average molecular weight is 325 g/mol. The lowest BCUT2D eigenvalue weighted by Crippen LogP contribution is -2.27. The molecule has 0 aliphatic heterocycles. The number of primary amides is 1. The molecule has 1 aromatic heterocycles. The van der Waals surface area contributed by atoms with Crippen LogP contribution in [0.5, 0.6) is 0 Å². The standard InChI is InChI=1S/C13H15N3O3S2/c1-8(10-4-5-20-7-10)16-21(18,19)12-3-2-9(13(15)17)6-11(12)14/h2-8,16H,14H2,1H3,(H2,15,17). The van der Waals surface area contributed by atoms with Crippen molar-refractivity contribution in [2.75, 3.05) is 5.73 Å². The number of benzene rings is 1. The molecular formula is C13H15N3O3S2. The Kier molecular flexibility index (Phi) is 4.31. The number of sulfonamides is 1. The molecule has 6 nitrogen and oxygen atoms in total. The van der Waals surface area contributed by atoms with E-state index in [9.17, 15) is 13.2 Å². The van der Waals surface area contributed by atoms with Crippen molar-refractivity contribution in [1.82, 2.24) is 4.72 Å². The Bertz CT molecular complexity index is 755. The molecule has 1 unspecified atom stereocenters. The van der Waals surface area contributed by atoms with Gasteiger partial charge in [-0.3, -0.25) is 4.79 Å². The maximum Gasteiger partial charge on any atom is 0.248 e. The second kappa shape index (κ2) is 5.84. The number of hydrogen-bond acceptors (Lipinski definition) is 5. The molecule has 8 heteroatoms. The van der Waals surface area contributed by atoms with Gasteiger partial charge < -0.3 is 11.5 Å². The fourth-order valence-electron chi connectivity index (χ4n) is 1.83. The predicted octanol–water partition coefficient (Wildman–Crippen LogP) is 1.47. The minimum atomic E-state index is -3.78. The highest BCUT2D eigenvalue weighted by molar-refractivity contribution is 7.89. The van der Waals surface area contributed by atoms with Gasteiger partial charge in [0.05, 0.1) is 5.69 Å². The number of amides is 1. The van der Waals surface area contributed by atoms with E-state index in [1.165, 1.54) is 29.5 Å². The molecule has 0 saturated heterocycles. The van der Waals surface area contributed by atoms with Crippen molar-refractivity contribution < 1.29 is 13.2 Å².